The summed E-state index contributed by atoms with van der Waals surface area (Å²) in [4.78, 5) is 94.8. The van der Waals surface area contributed by atoms with E-state index in [2.05, 4.69) is 36.9 Å². The lowest BCUT2D eigenvalue weighted by Gasteiger charge is -2.57. The van der Waals surface area contributed by atoms with Crippen molar-refractivity contribution in [3.8, 4) is 5.75 Å². The molecule has 2 aromatic carbocycles. The number of fused-ring (bicyclic) bond motifs is 3. The van der Waals surface area contributed by atoms with E-state index in [1.165, 1.54) is 24.3 Å². The van der Waals surface area contributed by atoms with Crippen molar-refractivity contribution in [1.82, 2.24) is 36.8 Å². The van der Waals surface area contributed by atoms with E-state index < -0.39 is 153 Å². The van der Waals surface area contributed by atoms with Gasteiger partial charge in [0.15, 0.2) is 38.0 Å². The number of aliphatic hydroxyl groups excluding tert-OH is 2. The summed E-state index contributed by atoms with van der Waals surface area (Å²) in [6.45, 7) is 16.2. The van der Waals surface area contributed by atoms with E-state index in [0.29, 0.717) is 17.4 Å². The molecule has 5 aliphatic heterocycles. The van der Waals surface area contributed by atoms with Gasteiger partial charge in [0.2, 0.25) is 29.5 Å². The number of nitrogens with one attached hydrogen (secondary N) is 6. The van der Waals surface area contributed by atoms with Crippen molar-refractivity contribution in [3.05, 3.63) is 65.2 Å². The number of rotatable bonds is 23. The normalized spacial score (nSPS) is 26.4. The second-order valence-corrected chi connectivity index (χ2v) is 28.5. The van der Waals surface area contributed by atoms with Crippen LogP contribution < -0.4 is 49.1 Å². The lowest BCUT2D eigenvalue weighted by atomic mass is 9.78. The highest BCUT2D eigenvalue weighted by Gasteiger charge is 2.66. The van der Waals surface area contributed by atoms with E-state index >= 15 is 0 Å². The number of nitrogens with two attached hydrogens (primary N) is 3. The first kappa shape index (κ1) is 63.2. The number of benzene rings is 2. The molecule has 0 aromatic heterocycles. The molecule has 5 amide bonds. The monoisotopic (exact) mass is 1170 g/mol. The summed E-state index contributed by atoms with van der Waals surface area (Å²) in [5.74, 6) is -6.85. The summed E-state index contributed by atoms with van der Waals surface area (Å²) < 4.78 is 40.0. The largest absolute Gasteiger partial charge is 0.508 e. The first-order chi connectivity index (χ1) is 38.4. The van der Waals surface area contributed by atoms with Gasteiger partial charge in [-0.2, -0.15) is 0 Å². The summed E-state index contributed by atoms with van der Waals surface area (Å²) in [7, 11) is -3.15. The van der Waals surface area contributed by atoms with E-state index in [4.69, 9.17) is 50.3 Å². The van der Waals surface area contributed by atoms with Crippen LogP contribution in [0.2, 0.25) is 18.1 Å². The number of hydrogen-bond donors (Lipinski definition) is 12. The number of aldehydes is 1. The molecule has 0 saturated carbocycles. The van der Waals surface area contributed by atoms with Gasteiger partial charge in [0, 0.05) is 12.8 Å². The quantitative estimate of drug-likeness (QED) is 0.0404. The van der Waals surface area contributed by atoms with Crippen LogP contribution in [0.1, 0.15) is 65.2 Å². The number of amides is 5. The molecule has 8 unspecified atom stereocenters. The number of aliphatic imine (C=N–C) groups is 2. The minimum Gasteiger partial charge on any atom is -0.508 e. The average molecular weight is 1170 g/mol. The maximum atomic E-state index is 14.8. The number of aryl methyl sites for hydroxylation is 1. The Morgan fingerprint density at radius 3 is 1.84 bits per heavy atom. The molecule has 5 aliphatic rings. The summed E-state index contributed by atoms with van der Waals surface area (Å²) >= 11 is 0. The van der Waals surface area contributed by atoms with E-state index in [0.717, 1.165) is 5.56 Å². The van der Waals surface area contributed by atoms with Gasteiger partial charge in [0.05, 0.1) is 51.5 Å². The predicted molar refractivity (Wildman–Crippen MR) is 300 cm³/mol. The van der Waals surface area contributed by atoms with Crippen molar-refractivity contribution in [2.75, 3.05) is 39.5 Å². The lowest BCUT2D eigenvalue weighted by Crippen LogP contribution is -2.79. The summed E-state index contributed by atoms with van der Waals surface area (Å²) in [6, 6.07) is 2.89. The van der Waals surface area contributed by atoms with Gasteiger partial charge in [0.25, 0.3) is 0 Å². The standard InChI is InChI=1S/C54H82N12O15Si/c1-28-11-13-29(14-12-28)19-32(60-40(71)21-55)44(72)61-33(20-30-15-17-31(70)18-16-30)45(73)62-34(24-67)46(74)63-35(25-68)47(75)64-38(26-69)54(37-22-58-49(56)65-37,81-82(9,10)51(2,3)4)39-23-59-50(57)66(39)48-43-42(79-53(7,8)80-43)41-36(77-48)27-76-52(5,6)78-41/h11-18,26,32-39,41-43,48,67-68,70H,19-25,27,55H2,1-10H3,(H2,57,59)(H,60,71)(H,61,72)(H,62,73)(H,63,74)(H,64,75)(H3,56,58,65)/t32-,33-,34-,35-,36?,37?,38+,39?,41?,42?,43?,48?,54?/m0/s1. The Morgan fingerprint density at radius 2 is 1.30 bits per heavy atom. The molecule has 452 valence electrons. The van der Waals surface area contributed by atoms with Crippen molar-refractivity contribution < 1.29 is 72.2 Å². The van der Waals surface area contributed by atoms with Gasteiger partial charge in [-0.1, -0.05) is 62.7 Å². The Bertz CT molecular complexity index is 2710. The zero-order valence-electron chi connectivity index (χ0n) is 48.1. The molecule has 0 aliphatic carbocycles. The molecule has 7 rings (SSSR count). The highest BCUT2D eigenvalue weighted by atomic mass is 28.4. The maximum absolute atomic E-state index is 14.8. The topological polar surface area (TPSA) is 397 Å². The number of guanidine groups is 2. The predicted octanol–water partition coefficient (Wildman–Crippen LogP) is -2.51. The summed E-state index contributed by atoms with van der Waals surface area (Å²) in [5, 5.41) is 46.9. The number of phenolic OH excluding ortho intramolecular Hbond substituents is 1. The van der Waals surface area contributed by atoms with Crippen LogP contribution in [-0.2, 0) is 69.7 Å². The Morgan fingerprint density at radius 1 is 0.780 bits per heavy atom. The minimum atomic E-state index is -3.15. The van der Waals surface area contributed by atoms with Crippen LogP contribution in [-0.4, -0.2) is 206 Å². The number of nitrogens with zero attached hydrogens (tertiary/aromatic N) is 3. The van der Waals surface area contributed by atoms with Crippen LogP contribution in [0.25, 0.3) is 0 Å². The molecule has 5 heterocycles. The summed E-state index contributed by atoms with van der Waals surface area (Å²) in [6.07, 6.45) is -3.78. The highest BCUT2D eigenvalue weighted by molar-refractivity contribution is 6.74. The van der Waals surface area contributed by atoms with Gasteiger partial charge in [-0.15, -0.1) is 0 Å². The maximum Gasteiger partial charge on any atom is 0.245 e. The van der Waals surface area contributed by atoms with E-state index in [9.17, 15) is 44.1 Å². The zero-order chi connectivity index (χ0) is 60.3. The molecule has 3 fully saturated rings. The Hall–Kier alpha value is -6.34. The van der Waals surface area contributed by atoms with Crippen LogP contribution in [0.3, 0.4) is 0 Å². The molecule has 0 bridgehead atoms. The smallest absolute Gasteiger partial charge is 0.245 e. The first-order valence-corrected chi connectivity index (χ1v) is 30.2. The fourth-order valence-electron chi connectivity index (χ4n) is 10.5. The van der Waals surface area contributed by atoms with Crippen molar-refractivity contribution in [2.24, 2.45) is 27.2 Å². The number of ether oxygens (including phenoxy) is 5. The third-order valence-electron chi connectivity index (χ3n) is 15.8. The van der Waals surface area contributed by atoms with Crippen molar-refractivity contribution >= 4 is 56.1 Å². The fourth-order valence-corrected chi connectivity index (χ4v) is 12.1. The minimum absolute atomic E-state index is 0.00974. The third-order valence-corrected chi connectivity index (χ3v) is 20.3. The molecular formula is C54H82N12O15Si. The lowest BCUT2D eigenvalue weighted by molar-refractivity contribution is -0.357. The molecule has 2 aromatic rings. The molecule has 82 heavy (non-hydrogen) atoms. The van der Waals surface area contributed by atoms with Crippen LogP contribution in [0.5, 0.6) is 5.75 Å². The van der Waals surface area contributed by atoms with E-state index in [1.807, 2.05) is 52.9 Å². The van der Waals surface area contributed by atoms with Gasteiger partial charge in [-0.25, -0.2) is 0 Å². The van der Waals surface area contributed by atoms with Crippen LogP contribution >= 0.6 is 0 Å². The number of aromatic hydroxyl groups is 1. The Labute approximate surface area is 477 Å². The first-order valence-electron chi connectivity index (χ1n) is 27.3. The molecule has 15 N–H and O–H groups in total. The van der Waals surface area contributed by atoms with E-state index in [-0.39, 0.29) is 50.2 Å². The summed E-state index contributed by atoms with van der Waals surface area (Å²) in [5.41, 5.74) is 19.0. The highest BCUT2D eigenvalue weighted by Crippen LogP contribution is 2.48. The number of carbonyl (C=O) groups excluding carboxylic acids is 6. The van der Waals surface area contributed by atoms with E-state index in [1.54, 1.807) is 44.7 Å². The molecule has 28 heteroatoms. The fraction of sp³-hybridized carbons (Fsp3) is 0.630. The Balaban J connectivity index is 1.17. The Kier molecular flexibility index (Phi) is 19.5. The van der Waals surface area contributed by atoms with Gasteiger partial charge < -0.3 is 102 Å². The van der Waals surface area contributed by atoms with Crippen molar-refractivity contribution in [3.63, 3.8) is 0 Å². The second-order valence-electron chi connectivity index (χ2n) is 23.7. The zero-order valence-corrected chi connectivity index (χ0v) is 49.1. The molecule has 3 saturated heterocycles. The van der Waals surface area contributed by atoms with Crippen LogP contribution in [0, 0.1) is 6.92 Å². The van der Waals surface area contributed by atoms with Gasteiger partial charge in [-0.3, -0.25) is 34.0 Å². The number of carbonyl (C=O) groups is 6. The molecular weight excluding hydrogens is 1080 g/mol. The second kappa shape index (κ2) is 25.2. The van der Waals surface area contributed by atoms with Crippen molar-refractivity contribution in [2.45, 2.75) is 176 Å². The number of aliphatic hydroxyl groups is 2. The third kappa shape index (κ3) is 14.2. The SMILES string of the molecule is Cc1ccc(C[C@H](NC(=O)CN)C(=O)N[C@@H](Cc2ccc(O)cc2)C(=O)N[C@@H](CO)C(=O)N[C@@H](CO)C(=O)N[C@H](C=O)C(O[Si](C)(C)C(C)(C)C)(C2CN=C(N)N2)C2CN=C(N)N2C2OC3COC(C)(C)OC3C3OC(C)(C)OC32)cc1. The molecule has 27 nitrogen and oxygen atoms in total. The van der Waals surface area contributed by atoms with Crippen LogP contribution in [0.4, 0.5) is 0 Å². The van der Waals surface area contributed by atoms with Gasteiger partial charge in [0.1, 0.15) is 72.3 Å². The van der Waals surface area contributed by atoms with Gasteiger partial charge >= 0.3 is 0 Å². The number of hydrogen-bond acceptors (Lipinski definition) is 22. The van der Waals surface area contributed by atoms with Crippen LogP contribution in [0.15, 0.2) is 58.5 Å². The number of phenols is 1. The van der Waals surface area contributed by atoms with Gasteiger partial charge in [-0.05, 0) is 76.0 Å². The molecule has 0 spiro atoms. The van der Waals surface area contributed by atoms with Crippen molar-refractivity contribution in [1.29, 1.82) is 0 Å². The average Bonchev–Trinajstić information content (AvgIpc) is 2.75. The molecule has 0 radical (unpaired) electrons. The molecule has 13 atom stereocenters.